The van der Waals surface area contributed by atoms with Crippen LogP contribution in [0.15, 0.2) is 60.7 Å². The van der Waals surface area contributed by atoms with Gasteiger partial charge in [-0.25, -0.2) is 0 Å². The van der Waals surface area contributed by atoms with Crippen molar-refractivity contribution in [1.82, 2.24) is 5.32 Å². The zero-order valence-electron chi connectivity index (χ0n) is 9.58. The second-order valence-electron chi connectivity index (χ2n) is 3.94. The monoisotopic (exact) mass is 227 g/mol. The van der Waals surface area contributed by atoms with Crippen LogP contribution in [0.25, 0.3) is 0 Å². The zero-order chi connectivity index (χ0) is 12.1. The minimum atomic E-state index is -0.258. The van der Waals surface area contributed by atoms with Crippen molar-refractivity contribution in [1.29, 1.82) is 0 Å². The number of benzene rings is 2. The summed E-state index contributed by atoms with van der Waals surface area (Å²) in [5, 5.41) is 3.17. The number of hydrogen-bond donors (Lipinski definition) is 3. The molecule has 0 saturated heterocycles. The zero-order valence-corrected chi connectivity index (χ0v) is 9.58. The lowest BCUT2D eigenvalue weighted by Crippen LogP contribution is -2.36. The van der Waals surface area contributed by atoms with Gasteiger partial charge in [-0.1, -0.05) is 60.7 Å². The van der Waals surface area contributed by atoms with Crippen molar-refractivity contribution >= 4 is 0 Å². The molecule has 0 spiro atoms. The second-order valence-corrected chi connectivity index (χ2v) is 3.94. The smallest absolute Gasteiger partial charge is 0.0824 e. The van der Waals surface area contributed by atoms with Crippen LogP contribution < -0.4 is 16.8 Å². The van der Waals surface area contributed by atoms with E-state index in [1.165, 1.54) is 0 Å². The summed E-state index contributed by atoms with van der Waals surface area (Å²) in [6.07, 6.45) is -0.516. The van der Waals surface area contributed by atoms with Crippen LogP contribution in [0, 0.1) is 0 Å². The Bertz CT molecular complexity index is 398. The minimum absolute atomic E-state index is 0.258. The first-order valence-electron chi connectivity index (χ1n) is 5.64. The summed E-state index contributed by atoms with van der Waals surface area (Å²) in [7, 11) is 0. The number of rotatable bonds is 4. The average Bonchev–Trinajstić information content (AvgIpc) is 2.40. The lowest BCUT2D eigenvalue weighted by Gasteiger charge is -2.20. The van der Waals surface area contributed by atoms with Crippen LogP contribution in [0.1, 0.15) is 23.5 Å². The van der Waals surface area contributed by atoms with Crippen molar-refractivity contribution in [3.8, 4) is 0 Å². The summed E-state index contributed by atoms with van der Waals surface area (Å²) in [4.78, 5) is 0. The summed E-state index contributed by atoms with van der Waals surface area (Å²) in [5.74, 6) is 0. The van der Waals surface area contributed by atoms with E-state index in [0.29, 0.717) is 0 Å². The van der Waals surface area contributed by atoms with Gasteiger partial charge in [0.1, 0.15) is 0 Å². The quantitative estimate of drug-likeness (QED) is 0.699. The SMILES string of the molecule is NC(NC(N)c1ccccc1)c1ccccc1. The van der Waals surface area contributed by atoms with Crippen LogP contribution in [0.5, 0.6) is 0 Å². The largest absolute Gasteiger partial charge is 0.312 e. The van der Waals surface area contributed by atoms with Crippen LogP contribution in [-0.4, -0.2) is 0 Å². The first-order chi connectivity index (χ1) is 8.27. The molecular formula is C14H17N3. The van der Waals surface area contributed by atoms with Gasteiger partial charge in [-0.15, -0.1) is 0 Å². The maximum absolute atomic E-state index is 6.04. The predicted octanol–water partition coefficient (Wildman–Crippen LogP) is 1.89. The van der Waals surface area contributed by atoms with E-state index >= 15 is 0 Å². The van der Waals surface area contributed by atoms with E-state index < -0.39 is 0 Å². The highest BCUT2D eigenvalue weighted by Gasteiger charge is 2.10. The molecule has 3 heteroatoms. The highest BCUT2D eigenvalue weighted by Crippen LogP contribution is 2.12. The molecule has 2 unspecified atom stereocenters. The molecule has 0 radical (unpaired) electrons. The van der Waals surface area contributed by atoms with E-state index in [0.717, 1.165) is 11.1 Å². The lowest BCUT2D eigenvalue weighted by molar-refractivity contribution is 0.464. The Hall–Kier alpha value is -1.68. The molecule has 5 N–H and O–H groups in total. The van der Waals surface area contributed by atoms with E-state index in [1.807, 2.05) is 60.7 Å². The van der Waals surface area contributed by atoms with Gasteiger partial charge in [0.2, 0.25) is 0 Å². The van der Waals surface area contributed by atoms with E-state index in [2.05, 4.69) is 5.32 Å². The van der Waals surface area contributed by atoms with Crippen LogP contribution in [-0.2, 0) is 0 Å². The van der Waals surface area contributed by atoms with Crippen molar-refractivity contribution in [2.24, 2.45) is 11.5 Å². The fourth-order valence-corrected chi connectivity index (χ4v) is 1.71. The first-order valence-corrected chi connectivity index (χ1v) is 5.64. The summed E-state index contributed by atoms with van der Waals surface area (Å²) in [5.41, 5.74) is 14.1. The van der Waals surface area contributed by atoms with Crippen LogP contribution in [0.3, 0.4) is 0 Å². The van der Waals surface area contributed by atoms with E-state index in [-0.39, 0.29) is 12.3 Å². The van der Waals surface area contributed by atoms with E-state index in [4.69, 9.17) is 11.5 Å². The normalized spacial score (nSPS) is 14.2. The Balaban J connectivity index is 2.02. The molecule has 0 fully saturated rings. The fraction of sp³-hybridized carbons (Fsp3) is 0.143. The van der Waals surface area contributed by atoms with Crippen LogP contribution in [0.2, 0.25) is 0 Å². The molecule has 88 valence electrons. The third-order valence-corrected chi connectivity index (χ3v) is 2.68. The molecule has 2 atom stereocenters. The van der Waals surface area contributed by atoms with E-state index in [9.17, 15) is 0 Å². The van der Waals surface area contributed by atoms with Gasteiger partial charge in [0, 0.05) is 0 Å². The highest BCUT2D eigenvalue weighted by atomic mass is 15.1. The average molecular weight is 227 g/mol. The molecule has 0 heterocycles. The molecule has 3 nitrogen and oxygen atoms in total. The van der Waals surface area contributed by atoms with Gasteiger partial charge in [0.25, 0.3) is 0 Å². The summed E-state index contributed by atoms with van der Waals surface area (Å²) in [6, 6.07) is 19.7. The van der Waals surface area contributed by atoms with Crippen molar-refractivity contribution in [2.45, 2.75) is 12.3 Å². The Labute approximate surface area is 101 Å². The molecule has 0 saturated carbocycles. The Morgan fingerprint density at radius 2 is 1.00 bits per heavy atom. The second kappa shape index (κ2) is 5.59. The molecular weight excluding hydrogens is 210 g/mol. The van der Waals surface area contributed by atoms with Gasteiger partial charge in [0.05, 0.1) is 12.3 Å². The topological polar surface area (TPSA) is 64.1 Å². The maximum atomic E-state index is 6.04. The van der Waals surface area contributed by atoms with Crippen molar-refractivity contribution in [2.75, 3.05) is 0 Å². The Kier molecular flexibility index (Phi) is 3.88. The molecule has 2 aromatic rings. The first kappa shape index (κ1) is 11.8. The summed E-state index contributed by atoms with van der Waals surface area (Å²) in [6.45, 7) is 0. The third kappa shape index (κ3) is 3.14. The Morgan fingerprint density at radius 1 is 0.647 bits per heavy atom. The number of hydrogen-bond acceptors (Lipinski definition) is 3. The van der Waals surface area contributed by atoms with Crippen LogP contribution >= 0.6 is 0 Å². The summed E-state index contributed by atoms with van der Waals surface area (Å²) < 4.78 is 0. The minimum Gasteiger partial charge on any atom is -0.312 e. The molecule has 0 aromatic heterocycles. The van der Waals surface area contributed by atoms with E-state index in [1.54, 1.807) is 0 Å². The molecule has 17 heavy (non-hydrogen) atoms. The standard InChI is InChI=1S/C14H17N3/c15-13(11-7-3-1-4-8-11)17-14(16)12-9-5-2-6-10-12/h1-10,13-14,17H,15-16H2. The van der Waals surface area contributed by atoms with Crippen molar-refractivity contribution in [3.05, 3.63) is 71.8 Å². The molecule has 0 bridgehead atoms. The summed E-state index contributed by atoms with van der Waals surface area (Å²) >= 11 is 0. The molecule has 0 aliphatic rings. The fourth-order valence-electron chi connectivity index (χ4n) is 1.71. The van der Waals surface area contributed by atoms with Gasteiger partial charge in [-0.2, -0.15) is 0 Å². The molecule has 0 amide bonds. The number of nitrogens with two attached hydrogens (primary N) is 2. The highest BCUT2D eigenvalue weighted by molar-refractivity contribution is 5.21. The third-order valence-electron chi connectivity index (χ3n) is 2.68. The predicted molar refractivity (Wildman–Crippen MR) is 69.9 cm³/mol. The molecule has 2 aromatic carbocycles. The van der Waals surface area contributed by atoms with Gasteiger partial charge in [0.15, 0.2) is 0 Å². The van der Waals surface area contributed by atoms with Gasteiger partial charge in [-0.3, -0.25) is 5.32 Å². The van der Waals surface area contributed by atoms with Crippen LogP contribution in [0.4, 0.5) is 0 Å². The van der Waals surface area contributed by atoms with Crippen molar-refractivity contribution in [3.63, 3.8) is 0 Å². The maximum Gasteiger partial charge on any atom is 0.0824 e. The lowest BCUT2D eigenvalue weighted by atomic mass is 10.1. The van der Waals surface area contributed by atoms with Gasteiger partial charge < -0.3 is 11.5 Å². The molecule has 0 aliphatic heterocycles. The van der Waals surface area contributed by atoms with Gasteiger partial charge >= 0.3 is 0 Å². The van der Waals surface area contributed by atoms with Gasteiger partial charge in [-0.05, 0) is 11.1 Å². The number of nitrogens with one attached hydrogen (secondary N) is 1. The molecule has 2 rings (SSSR count). The van der Waals surface area contributed by atoms with Crippen molar-refractivity contribution < 1.29 is 0 Å². The Morgan fingerprint density at radius 3 is 1.35 bits per heavy atom. The molecule has 0 aliphatic carbocycles.